The quantitative estimate of drug-likeness (QED) is 0.856. The van der Waals surface area contributed by atoms with E-state index < -0.39 is 5.54 Å². The normalized spacial score (nSPS) is 16.3. The van der Waals surface area contributed by atoms with Crippen LogP contribution in [0.5, 0.6) is 0 Å². The molecule has 0 unspecified atom stereocenters. The van der Waals surface area contributed by atoms with Crippen LogP contribution < -0.4 is 0 Å². The van der Waals surface area contributed by atoms with Gasteiger partial charge in [-0.15, -0.1) is 0 Å². The Labute approximate surface area is 133 Å². The maximum atomic E-state index is 13.3. The van der Waals surface area contributed by atoms with Gasteiger partial charge in [0.05, 0.1) is 11.3 Å². The van der Waals surface area contributed by atoms with E-state index in [4.69, 9.17) is 0 Å². The van der Waals surface area contributed by atoms with Gasteiger partial charge in [0.15, 0.2) is 0 Å². The maximum absolute atomic E-state index is 13.3. The number of nitrogens with zero attached hydrogens (tertiary/aromatic N) is 4. The summed E-state index contributed by atoms with van der Waals surface area (Å²) >= 11 is 0. The van der Waals surface area contributed by atoms with Crippen molar-refractivity contribution in [3.8, 4) is 0 Å². The van der Waals surface area contributed by atoms with E-state index in [1.165, 1.54) is 29.7 Å². The molecule has 0 saturated carbocycles. The first-order valence-corrected chi connectivity index (χ1v) is 7.33. The molecule has 0 radical (unpaired) electrons. The topological polar surface area (TPSA) is 58.5 Å². The summed E-state index contributed by atoms with van der Waals surface area (Å²) in [6, 6.07) is 6.15. The third-order valence-electron chi connectivity index (χ3n) is 3.89. The lowest BCUT2D eigenvalue weighted by atomic mass is 9.93. The fourth-order valence-electron chi connectivity index (χ4n) is 2.72. The monoisotopic (exact) mass is 312 g/mol. The van der Waals surface area contributed by atoms with Crippen molar-refractivity contribution < 1.29 is 9.18 Å². The number of rotatable bonds is 2. The van der Waals surface area contributed by atoms with Crippen molar-refractivity contribution in [3.63, 3.8) is 0 Å². The van der Waals surface area contributed by atoms with Crippen molar-refractivity contribution in [3.05, 3.63) is 59.4 Å². The molecule has 5 nitrogen and oxygen atoms in total. The summed E-state index contributed by atoms with van der Waals surface area (Å²) in [6.07, 6.45) is 3.46. The molecule has 0 saturated heterocycles. The van der Waals surface area contributed by atoms with Crippen molar-refractivity contribution in [1.82, 2.24) is 15.0 Å². The fourth-order valence-corrected chi connectivity index (χ4v) is 2.72. The highest BCUT2D eigenvalue weighted by Crippen LogP contribution is 2.31. The van der Waals surface area contributed by atoms with Crippen molar-refractivity contribution in [2.75, 3.05) is 0 Å². The van der Waals surface area contributed by atoms with E-state index in [0.29, 0.717) is 12.1 Å². The van der Waals surface area contributed by atoms with Crippen LogP contribution in [0, 0.1) is 12.7 Å². The zero-order valence-corrected chi connectivity index (χ0v) is 13.2. The largest absolute Gasteiger partial charge is 0.293 e. The Morgan fingerprint density at radius 1 is 1.30 bits per heavy atom. The Kier molecular flexibility index (Phi) is 3.67. The third-order valence-corrected chi connectivity index (χ3v) is 3.89. The smallest absolute Gasteiger partial charge is 0.265 e. The number of hydrogen-bond donors (Lipinski definition) is 0. The first kappa shape index (κ1) is 15.3. The molecule has 118 valence electrons. The van der Waals surface area contributed by atoms with E-state index >= 15 is 0 Å². The molecular weight excluding hydrogens is 295 g/mol. The average molecular weight is 312 g/mol. The van der Waals surface area contributed by atoms with E-state index in [1.807, 2.05) is 20.8 Å². The molecule has 3 rings (SSSR count). The summed E-state index contributed by atoms with van der Waals surface area (Å²) in [5.41, 5.74) is 2.26. The summed E-state index contributed by atoms with van der Waals surface area (Å²) in [5.74, 6) is -0.551. The minimum absolute atomic E-state index is 0.271. The lowest BCUT2D eigenvalue weighted by Gasteiger charge is -2.28. The summed E-state index contributed by atoms with van der Waals surface area (Å²) in [7, 11) is 0. The second kappa shape index (κ2) is 5.53. The zero-order valence-electron chi connectivity index (χ0n) is 13.2. The number of aromatic nitrogens is 2. The van der Waals surface area contributed by atoms with Crippen LogP contribution >= 0.6 is 0 Å². The van der Waals surface area contributed by atoms with Crippen LogP contribution in [-0.2, 0) is 0 Å². The number of amides is 1. The third kappa shape index (κ3) is 2.84. The van der Waals surface area contributed by atoms with Gasteiger partial charge in [-0.1, -0.05) is 0 Å². The van der Waals surface area contributed by atoms with Crippen LogP contribution in [-0.4, -0.2) is 32.1 Å². The Hall–Kier alpha value is -2.63. The second-order valence-electron chi connectivity index (χ2n) is 6.21. The second-order valence-corrected chi connectivity index (χ2v) is 6.21. The van der Waals surface area contributed by atoms with Crippen LogP contribution in [0.15, 0.2) is 41.9 Å². The van der Waals surface area contributed by atoms with Gasteiger partial charge in [0.25, 0.3) is 5.91 Å². The lowest BCUT2D eigenvalue weighted by Crippen LogP contribution is -2.41. The van der Waals surface area contributed by atoms with Crippen molar-refractivity contribution >= 4 is 11.6 Å². The molecule has 1 amide bonds. The van der Waals surface area contributed by atoms with Gasteiger partial charge < -0.3 is 0 Å². The molecule has 0 N–H and O–H groups in total. The Morgan fingerprint density at radius 3 is 2.74 bits per heavy atom. The molecule has 2 aromatic rings. The fraction of sp³-hybridized carbons (Fsp3) is 0.294. The molecule has 2 heterocycles. The minimum Gasteiger partial charge on any atom is -0.265 e. The summed E-state index contributed by atoms with van der Waals surface area (Å²) in [4.78, 5) is 20.5. The number of hydrazone groups is 1. The SMILES string of the molecule is Cc1cc(F)ccc1C1=NN(C(=O)c2ccncn2)C(C)(C)C1. The van der Waals surface area contributed by atoms with E-state index in [1.54, 1.807) is 12.1 Å². The van der Waals surface area contributed by atoms with Gasteiger partial charge >= 0.3 is 0 Å². The van der Waals surface area contributed by atoms with Gasteiger partial charge in [-0.3, -0.25) is 4.79 Å². The van der Waals surface area contributed by atoms with Gasteiger partial charge in [0.1, 0.15) is 17.8 Å². The van der Waals surface area contributed by atoms with Crippen LogP contribution in [0.1, 0.15) is 41.9 Å². The van der Waals surface area contributed by atoms with Crippen molar-refractivity contribution in [2.24, 2.45) is 5.10 Å². The van der Waals surface area contributed by atoms with Gasteiger partial charge in [0, 0.05) is 18.2 Å². The Bertz CT molecular complexity index is 786. The number of aryl methyl sites for hydroxylation is 1. The Balaban J connectivity index is 1.98. The summed E-state index contributed by atoms with van der Waals surface area (Å²) in [5, 5.41) is 5.95. The first-order valence-electron chi connectivity index (χ1n) is 7.33. The van der Waals surface area contributed by atoms with E-state index in [2.05, 4.69) is 15.1 Å². The minimum atomic E-state index is -0.474. The van der Waals surface area contributed by atoms with Gasteiger partial charge in [0.2, 0.25) is 0 Å². The van der Waals surface area contributed by atoms with Crippen molar-refractivity contribution in [1.29, 1.82) is 0 Å². The standard InChI is InChI=1S/C17H17FN4O/c1-11-8-12(18)4-5-13(11)15-9-17(2,3)22(21-15)16(23)14-6-7-19-10-20-14/h4-8,10H,9H2,1-3H3. The predicted molar refractivity (Wildman–Crippen MR) is 84.6 cm³/mol. The molecule has 1 aliphatic rings. The van der Waals surface area contributed by atoms with Gasteiger partial charge in [-0.2, -0.15) is 5.10 Å². The molecule has 0 spiro atoms. The van der Waals surface area contributed by atoms with Crippen LogP contribution in [0.2, 0.25) is 0 Å². The van der Waals surface area contributed by atoms with Crippen LogP contribution in [0.4, 0.5) is 4.39 Å². The molecule has 0 atom stereocenters. The molecule has 1 aromatic carbocycles. The van der Waals surface area contributed by atoms with Crippen LogP contribution in [0.25, 0.3) is 0 Å². The highest BCUT2D eigenvalue weighted by molar-refractivity contribution is 6.05. The van der Waals surface area contributed by atoms with Gasteiger partial charge in [-0.25, -0.2) is 19.4 Å². The molecule has 1 aliphatic heterocycles. The van der Waals surface area contributed by atoms with E-state index in [-0.39, 0.29) is 11.7 Å². The molecule has 0 fully saturated rings. The highest BCUT2D eigenvalue weighted by atomic mass is 19.1. The summed E-state index contributed by atoms with van der Waals surface area (Å²) in [6.45, 7) is 5.73. The highest BCUT2D eigenvalue weighted by Gasteiger charge is 2.39. The number of carbonyl (C=O) groups is 1. The number of halogens is 1. The molecule has 0 bridgehead atoms. The molecular formula is C17H17FN4O. The average Bonchev–Trinajstić information content (AvgIpc) is 2.82. The van der Waals surface area contributed by atoms with Gasteiger partial charge in [-0.05, 0) is 50.6 Å². The van der Waals surface area contributed by atoms with E-state index in [0.717, 1.165) is 16.8 Å². The number of hydrogen-bond acceptors (Lipinski definition) is 4. The molecule has 6 heteroatoms. The zero-order chi connectivity index (χ0) is 16.6. The van der Waals surface area contributed by atoms with Crippen molar-refractivity contribution in [2.45, 2.75) is 32.7 Å². The summed E-state index contributed by atoms with van der Waals surface area (Å²) < 4.78 is 13.3. The number of carbonyl (C=O) groups excluding carboxylic acids is 1. The number of benzene rings is 1. The first-order chi connectivity index (χ1) is 10.9. The van der Waals surface area contributed by atoms with Crippen LogP contribution in [0.3, 0.4) is 0 Å². The molecule has 23 heavy (non-hydrogen) atoms. The maximum Gasteiger partial charge on any atom is 0.293 e. The predicted octanol–water partition coefficient (Wildman–Crippen LogP) is 2.95. The molecule has 0 aliphatic carbocycles. The lowest BCUT2D eigenvalue weighted by molar-refractivity contribution is 0.0606. The Morgan fingerprint density at radius 2 is 2.09 bits per heavy atom. The van der Waals surface area contributed by atoms with E-state index in [9.17, 15) is 9.18 Å². The molecule has 1 aromatic heterocycles.